The normalized spacial score (nSPS) is 13.5. The first kappa shape index (κ1) is 20.6. The lowest BCUT2D eigenvalue weighted by Crippen LogP contribution is -2.31. The van der Waals surface area contributed by atoms with Gasteiger partial charge < -0.3 is 15.0 Å². The first-order valence-corrected chi connectivity index (χ1v) is 9.61. The molecule has 0 saturated heterocycles. The van der Waals surface area contributed by atoms with E-state index in [2.05, 4.69) is 20.0 Å². The highest BCUT2D eigenvalue weighted by Gasteiger charge is 2.40. The van der Waals surface area contributed by atoms with Gasteiger partial charge in [0.1, 0.15) is 0 Å². The molecule has 4 rings (SSSR count). The Morgan fingerprint density at radius 2 is 1.87 bits per heavy atom. The van der Waals surface area contributed by atoms with Crippen molar-refractivity contribution in [1.29, 1.82) is 0 Å². The van der Waals surface area contributed by atoms with Crippen molar-refractivity contribution in [1.82, 2.24) is 15.3 Å². The first-order valence-electron chi connectivity index (χ1n) is 9.61. The van der Waals surface area contributed by atoms with Crippen LogP contribution >= 0.6 is 0 Å². The topological polar surface area (TPSA) is 84.1 Å². The summed E-state index contributed by atoms with van der Waals surface area (Å²) in [6.45, 7) is 0.256. The van der Waals surface area contributed by atoms with Gasteiger partial charge in [0.25, 0.3) is 5.91 Å². The van der Waals surface area contributed by atoms with Gasteiger partial charge in [-0.15, -0.1) is 0 Å². The van der Waals surface area contributed by atoms with Gasteiger partial charge in [-0.25, -0.2) is 4.79 Å². The van der Waals surface area contributed by atoms with E-state index in [4.69, 9.17) is 0 Å². The molecule has 1 aromatic carbocycles. The van der Waals surface area contributed by atoms with Crippen LogP contribution in [-0.4, -0.2) is 41.2 Å². The number of esters is 1. The lowest BCUT2D eigenvalue weighted by atomic mass is 10.0. The van der Waals surface area contributed by atoms with Crippen LogP contribution in [0.5, 0.6) is 0 Å². The molecule has 0 fully saturated rings. The van der Waals surface area contributed by atoms with Crippen LogP contribution in [0.3, 0.4) is 0 Å². The number of carbonyl (C=O) groups excluding carboxylic acids is 2. The van der Waals surface area contributed by atoms with E-state index >= 15 is 0 Å². The monoisotopic (exact) mass is 429 g/mol. The molecule has 0 aliphatic carbocycles. The highest BCUT2D eigenvalue weighted by atomic mass is 19.4. The number of hydrogen-bond donors (Lipinski definition) is 2. The molecule has 0 spiro atoms. The Morgan fingerprint density at radius 1 is 1.10 bits per heavy atom. The summed E-state index contributed by atoms with van der Waals surface area (Å²) >= 11 is 0. The van der Waals surface area contributed by atoms with Crippen LogP contribution < -0.4 is 5.32 Å². The average molecular weight is 429 g/mol. The van der Waals surface area contributed by atoms with Gasteiger partial charge in [-0.1, -0.05) is 24.3 Å². The second kappa shape index (κ2) is 8.25. The Morgan fingerprint density at radius 3 is 2.58 bits per heavy atom. The van der Waals surface area contributed by atoms with Crippen molar-refractivity contribution in [3.8, 4) is 22.5 Å². The number of rotatable bonds is 5. The smallest absolute Gasteiger partial charge is 0.459 e. The van der Waals surface area contributed by atoms with E-state index in [0.29, 0.717) is 17.8 Å². The van der Waals surface area contributed by atoms with E-state index in [1.165, 1.54) is 0 Å². The first-order chi connectivity index (χ1) is 14.8. The Hall–Kier alpha value is -3.62. The third-order valence-corrected chi connectivity index (χ3v) is 4.98. The van der Waals surface area contributed by atoms with E-state index < -0.39 is 12.1 Å². The second-order valence-electron chi connectivity index (χ2n) is 7.09. The minimum absolute atomic E-state index is 0.0884. The predicted octanol–water partition coefficient (Wildman–Crippen LogP) is 3.68. The molecule has 0 saturated carbocycles. The van der Waals surface area contributed by atoms with Gasteiger partial charge in [-0.05, 0) is 23.8 Å². The lowest BCUT2D eigenvalue weighted by Gasteiger charge is -2.11. The number of halogens is 3. The maximum Gasteiger partial charge on any atom is 0.490 e. The fourth-order valence-electron chi connectivity index (χ4n) is 3.39. The number of aromatic nitrogens is 2. The Balaban J connectivity index is 1.46. The molecule has 1 aliphatic heterocycles. The van der Waals surface area contributed by atoms with Crippen LogP contribution in [0.2, 0.25) is 0 Å². The van der Waals surface area contributed by atoms with E-state index in [9.17, 15) is 22.8 Å². The molecular weight excluding hydrogens is 411 g/mol. The van der Waals surface area contributed by atoms with Crippen LogP contribution in [0.25, 0.3) is 22.5 Å². The second-order valence-corrected chi connectivity index (χ2v) is 7.09. The number of carbonyl (C=O) groups is 2. The molecule has 1 amide bonds. The van der Waals surface area contributed by atoms with Crippen molar-refractivity contribution >= 4 is 11.9 Å². The molecule has 3 aromatic rings. The third-order valence-electron chi connectivity index (χ3n) is 4.98. The molecule has 2 aromatic heterocycles. The molecule has 6 nitrogen and oxygen atoms in total. The van der Waals surface area contributed by atoms with Crippen LogP contribution in [0.15, 0.2) is 48.7 Å². The minimum Gasteiger partial charge on any atom is -0.459 e. The Labute approximate surface area is 175 Å². The summed E-state index contributed by atoms with van der Waals surface area (Å²) in [6.07, 6.45) is -2.39. The summed E-state index contributed by atoms with van der Waals surface area (Å²) in [5.41, 5.74) is 5.54. The maximum atomic E-state index is 12.2. The fraction of sp³-hybridized carbons (Fsp3) is 0.227. The van der Waals surface area contributed by atoms with Gasteiger partial charge in [0, 0.05) is 48.1 Å². The van der Waals surface area contributed by atoms with Gasteiger partial charge in [-0.3, -0.25) is 9.78 Å². The average Bonchev–Trinajstić information content (AvgIpc) is 3.19. The van der Waals surface area contributed by atoms with Crippen LogP contribution in [-0.2, 0) is 22.4 Å². The molecule has 0 unspecified atom stereocenters. The number of pyridine rings is 1. The summed E-state index contributed by atoms with van der Waals surface area (Å²) in [4.78, 5) is 30.4. The van der Waals surface area contributed by atoms with Crippen molar-refractivity contribution in [2.45, 2.75) is 19.0 Å². The molecular formula is C22H18F3N3O3. The Kier molecular flexibility index (Phi) is 5.50. The van der Waals surface area contributed by atoms with E-state index in [0.717, 1.165) is 34.5 Å². The van der Waals surface area contributed by atoms with Crippen molar-refractivity contribution in [2.75, 3.05) is 13.2 Å². The largest absolute Gasteiger partial charge is 0.490 e. The fourth-order valence-corrected chi connectivity index (χ4v) is 3.39. The third kappa shape index (κ3) is 4.60. The summed E-state index contributed by atoms with van der Waals surface area (Å²) in [5.74, 6) is -2.27. The zero-order valence-electron chi connectivity index (χ0n) is 16.3. The number of aromatic amines is 1. The number of nitrogens with one attached hydrogen (secondary N) is 2. The molecule has 160 valence electrons. The summed E-state index contributed by atoms with van der Waals surface area (Å²) < 4.78 is 40.7. The molecule has 9 heteroatoms. The number of nitrogens with zero attached hydrogens (tertiary/aromatic N) is 1. The standard InChI is InChI=1S/C22H18F3N3O3/c23-22(24,25)21(30)31-10-7-13-1-3-14(4-2-13)18-11-15(5-8-26-18)19-12-16-17(28-19)6-9-27-20(16)29/h1-5,8,11-12,28H,6-7,9-10H2,(H,27,29). The van der Waals surface area contributed by atoms with Gasteiger partial charge in [0.2, 0.25) is 0 Å². The zero-order valence-corrected chi connectivity index (χ0v) is 16.3. The van der Waals surface area contributed by atoms with Crippen molar-refractivity contribution in [3.05, 3.63) is 65.5 Å². The molecule has 0 atom stereocenters. The predicted molar refractivity (Wildman–Crippen MR) is 106 cm³/mol. The number of benzene rings is 1. The number of amides is 1. The SMILES string of the molecule is O=C1NCCc2[nH]c(-c3ccnc(-c4ccc(CCOC(=O)C(F)(F)F)cc4)c3)cc21. The Bertz CT molecular complexity index is 1120. The van der Waals surface area contributed by atoms with Crippen LogP contribution in [0.1, 0.15) is 21.6 Å². The molecule has 31 heavy (non-hydrogen) atoms. The number of H-pyrrole nitrogens is 1. The van der Waals surface area contributed by atoms with Gasteiger partial charge in [0.15, 0.2) is 0 Å². The van der Waals surface area contributed by atoms with Crippen molar-refractivity contribution in [2.24, 2.45) is 0 Å². The number of hydrogen-bond acceptors (Lipinski definition) is 4. The minimum atomic E-state index is -4.98. The molecule has 2 N–H and O–H groups in total. The van der Waals surface area contributed by atoms with Gasteiger partial charge in [-0.2, -0.15) is 13.2 Å². The molecule has 1 aliphatic rings. The molecule has 3 heterocycles. The van der Waals surface area contributed by atoms with Crippen LogP contribution in [0, 0.1) is 0 Å². The summed E-state index contributed by atoms with van der Waals surface area (Å²) in [6, 6.07) is 12.7. The summed E-state index contributed by atoms with van der Waals surface area (Å²) in [7, 11) is 0. The molecule has 0 bridgehead atoms. The number of fused-ring (bicyclic) bond motifs is 1. The van der Waals surface area contributed by atoms with Gasteiger partial charge in [0.05, 0.1) is 17.9 Å². The van der Waals surface area contributed by atoms with E-state index in [1.807, 2.05) is 18.2 Å². The maximum absolute atomic E-state index is 12.2. The van der Waals surface area contributed by atoms with Crippen LogP contribution in [0.4, 0.5) is 13.2 Å². The van der Waals surface area contributed by atoms with E-state index in [-0.39, 0.29) is 18.9 Å². The quantitative estimate of drug-likeness (QED) is 0.606. The lowest BCUT2D eigenvalue weighted by molar-refractivity contribution is -0.199. The highest BCUT2D eigenvalue weighted by Crippen LogP contribution is 2.27. The number of ether oxygens (including phenoxy) is 1. The molecule has 0 radical (unpaired) electrons. The number of alkyl halides is 3. The zero-order chi connectivity index (χ0) is 22.0. The van der Waals surface area contributed by atoms with E-state index in [1.54, 1.807) is 30.5 Å². The van der Waals surface area contributed by atoms with Crippen molar-refractivity contribution < 1.29 is 27.5 Å². The van der Waals surface area contributed by atoms with Gasteiger partial charge >= 0.3 is 12.1 Å². The summed E-state index contributed by atoms with van der Waals surface area (Å²) in [5, 5.41) is 2.82. The highest BCUT2D eigenvalue weighted by molar-refractivity contribution is 5.97. The van der Waals surface area contributed by atoms with Crippen molar-refractivity contribution in [3.63, 3.8) is 0 Å².